The molecule has 2 rings (SSSR count). The van der Waals surface area contributed by atoms with Crippen LogP contribution in [0.3, 0.4) is 0 Å². The van der Waals surface area contributed by atoms with Crippen LogP contribution < -0.4 is 14.9 Å². The Bertz CT molecular complexity index is 684. The van der Waals surface area contributed by atoms with Crippen molar-refractivity contribution in [3.8, 4) is 11.5 Å². The summed E-state index contributed by atoms with van der Waals surface area (Å²) in [5, 5.41) is 3.90. The predicted molar refractivity (Wildman–Crippen MR) is 90.2 cm³/mol. The second-order valence-electron chi connectivity index (χ2n) is 4.56. The van der Waals surface area contributed by atoms with Crippen LogP contribution in [0, 0.1) is 0 Å². The molecule has 1 amide bonds. The summed E-state index contributed by atoms with van der Waals surface area (Å²) in [6.07, 6.45) is 3.84. The number of rotatable bonds is 7. The van der Waals surface area contributed by atoms with Gasteiger partial charge < -0.3 is 13.9 Å². The van der Waals surface area contributed by atoms with Crippen molar-refractivity contribution in [1.82, 2.24) is 5.43 Å². The second kappa shape index (κ2) is 8.38. The summed E-state index contributed by atoms with van der Waals surface area (Å²) in [5.74, 6) is 1.02. The van der Waals surface area contributed by atoms with E-state index in [1.807, 2.05) is 13.0 Å². The van der Waals surface area contributed by atoms with Crippen LogP contribution in [0.1, 0.15) is 29.5 Å². The van der Waals surface area contributed by atoms with E-state index in [0.29, 0.717) is 18.1 Å². The van der Waals surface area contributed by atoms with Crippen LogP contribution in [-0.2, 0) is 0 Å². The van der Waals surface area contributed by atoms with Gasteiger partial charge in [0.15, 0.2) is 17.3 Å². The number of hydrogen-bond acceptors (Lipinski definition) is 5. The van der Waals surface area contributed by atoms with Crippen molar-refractivity contribution in [3.05, 3.63) is 46.3 Å². The lowest BCUT2D eigenvalue weighted by atomic mass is 10.2. The molecule has 0 atom stereocenters. The summed E-state index contributed by atoms with van der Waals surface area (Å²) in [6, 6.07) is 6.80. The Morgan fingerprint density at radius 3 is 2.96 bits per heavy atom. The number of hydrazone groups is 1. The molecular formula is C16H17BrN2O4. The molecule has 1 aromatic heterocycles. The van der Waals surface area contributed by atoms with E-state index in [4.69, 9.17) is 13.9 Å². The Morgan fingerprint density at radius 1 is 1.48 bits per heavy atom. The summed E-state index contributed by atoms with van der Waals surface area (Å²) in [4.78, 5) is 11.7. The molecule has 0 aliphatic carbocycles. The average molecular weight is 381 g/mol. The van der Waals surface area contributed by atoms with E-state index in [1.54, 1.807) is 25.3 Å². The van der Waals surface area contributed by atoms with Gasteiger partial charge in [-0.3, -0.25) is 4.79 Å². The molecule has 0 saturated heterocycles. The summed E-state index contributed by atoms with van der Waals surface area (Å²) < 4.78 is 16.7. The minimum atomic E-state index is -0.417. The first-order valence-corrected chi connectivity index (χ1v) is 7.82. The first kappa shape index (κ1) is 17.1. The van der Waals surface area contributed by atoms with Gasteiger partial charge in [-0.15, -0.1) is 0 Å². The van der Waals surface area contributed by atoms with Gasteiger partial charge in [-0.25, -0.2) is 5.43 Å². The number of nitrogens with zero attached hydrogens (tertiary/aromatic N) is 1. The third kappa shape index (κ3) is 4.59. The molecule has 23 heavy (non-hydrogen) atoms. The summed E-state index contributed by atoms with van der Waals surface area (Å²) in [5.41, 5.74) is 3.14. The van der Waals surface area contributed by atoms with Gasteiger partial charge in [0.05, 0.1) is 30.7 Å². The van der Waals surface area contributed by atoms with Crippen molar-refractivity contribution in [2.75, 3.05) is 13.7 Å². The Hall–Kier alpha value is -2.28. The van der Waals surface area contributed by atoms with Gasteiger partial charge in [-0.2, -0.15) is 5.10 Å². The maximum Gasteiger partial charge on any atom is 0.307 e. The normalized spacial score (nSPS) is 10.7. The minimum absolute atomic E-state index is 0.198. The Balaban J connectivity index is 2.09. The van der Waals surface area contributed by atoms with Crippen LogP contribution in [-0.4, -0.2) is 25.8 Å². The van der Waals surface area contributed by atoms with Crippen LogP contribution >= 0.6 is 15.9 Å². The molecule has 0 aliphatic rings. The fraction of sp³-hybridized carbons (Fsp3) is 0.250. The van der Waals surface area contributed by atoms with Crippen LogP contribution in [0.25, 0.3) is 0 Å². The molecule has 0 bridgehead atoms. The first-order valence-electron chi connectivity index (χ1n) is 7.03. The average Bonchev–Trinajstić information content (AvgIpc) is 3.08. The molecule has 0 radical (unpaired) electrons. The number of hydrogen-bond donors (Lipinski definition) is 1. The molecule has 6 nitrogen and oxygen atoms in total. The molecule has 1 heterocycles. The zero-order valence-corrected chi connectivity index (χ0v) is 14.4. The zero-order valence-electron chi connectivity index (χ0n) is 12.8. The zero-order chi connectivity index (χ0) is 16.7. The second-order valence-corrected chi connectivity index (χ2v) is 5.41. The molecule has 0 aliphatic heterocycles. The molecule has 0 saturated carbocycles. The number of benzene rings is 1. The quantitative estimate of drug-likeness (QED) is 0.588. The summed E-state index contributed by atoms with van der Waals surface area (Å²) in [7, 11) is 1.57. The monoisotopic (exact) mass is 380 g/mol. The van der Waals surface area contributed by atoms with E-state index < -0.39 is 5.91 Å². The third-order valence-corrected chi connectivity index (χ3v) is 3.42. The molecule has 122 valence electrons. The number of methoxy groups -OCH3 is 1. The SMILES string of the molecule is CCCOc1c(Br)cc(/C=N\NC(=O)c2ccco2)cc1OC. The van der Waals surface area contributed by atoms with E-state index in [2.05, 4.69) is 26.5 Å². The molecule has 1 aromatic carbocycles. The van der Waals surface area contributed by atoms with Crippen molar-refractivity contribution >= 4 is 28.1 Å². The number of halogens is 1. The molecule has 7 heteroatoms. The Morgan fingerprint density at radius 2 is 2.30 bits per heavy atom. The van der Waals surface area contributed by atoms with Crippen LogP contribution in [0.4, 0.5) is 0 Å². The van der Waals surface area contributed by atoms with Gasteiger partial charge in [-0.05, 0) is 52.2 Å². The summed E-state index contributed by atoms with van der Waals surface area (Å²) >= 11 is 3.45. The number of carbonyl (C=O) groups excluding carboxylic acids is 1. The van der Waals surface area contributed by atoms with Crippen molar-refractivity contribution < 1.29 is 18.7 Å². The van der Waals surface area contributed by atoms with Gasteiger partial charge in [0.1, 0.15) is 0 Å². The van der Waals surface area contributed by atoms with Crippen molar-refractivity contribution in [1.29, 1.82) is 0 Å². The van der Waals surface area contributed by atoms with Crippen molar-refractivity contribution in [2.24, 2.45) is 5.10 Å². The van der Waals surface area contributed by atoms with Crippen molar-refractivity contribution in [3.63, 3.8) is 0 Å². The highest BCUT2D eigenvalue weighted by Gasteiger charge is 2.11. The molecule has 0 spiro atoms. The molecule has 0 fully saturated rings. The van der Waals surface area contributed by atoms with Crippen LogP contribution in [0.5, 0.6) is 11.5 Å². The number of amides is 1. The van der Waals surface area contributed by atoms with Gasteiger partial charge in [0.2, 0.25) is 0 Å². The maximum atomic E-state index is 11.7. The standard InChI is InChI=1S/C16H17BrN2O4/c1-3-6-23-15-12(17)8-11(9-14(15)21-2)10-18-19-16(20)13-5-4-7-22-13/h4-5,7-10H,3,6H2,1-2H3,(H,19,20)/b18-10-. The fourth-order valence-corrected chi connectivity index (χ4v) is 2.36. The van der Waals surface area contributed by atoms with Crippen LogP contribution in [0.15, 0.2) is 44.5 Å². The van der Waals surface area contributed by atoms with E-state index >= 15 is 0 Å². The highest BCUT2D eigenvalue weighted by molar-refractivity contribution is 9.10. The van der Waals surface area contributed by atoms with E-state index in [9.17, 15) is 4.79 Å². The number of ether oxygens (including phenoxy) is 2. The molecule has 1 N–H and O–H groups in total. The number of carbonyl (C=O) groups is 1. The molecule has 2 aromatic rings. The van der Waals surface area contributed by atoms with E-state index in [-0.39, 0.29) is 5.76 Å². The lowest BCUT2D eigenvalue weighted by Crippen LogP contribution is -2.16. The Labute approximate surface area is 142 Å². The molecular weight excluding hydrogens is 364 g/mol. The van der Waals surface area contributed by atoms with Crippen molar-refractivity contribution in [2.45, 2.75) is 13.3 Å². The topological polar surface area (TPSA) is 73.1 Å². The largest absolute Gasteiger partial charge is 0.493 e. The van der Waals surface area contributed by atoms with Gasteiger partial charge >= 0.3 is 5.91 Å². The fourth-order valence-electron chi connectivity index (χ4n) is 1.79. The number of nitrogens with one attached hydrogen (secondary N) is 1. The highest BCUT2D eigenvalue weighted by atomic mass is 79.9. The smallest absolute Gasteiger partial charge is 0.307 e. The van der Waals surface area contributed by atoms with Gasteiger partial charge in [-0.1, -0.05) is 6.92 Å². The molecule has 0 unspecified atom stereocenters. The lowest BCUT2D eigenvalue weighted by Gasteiger charge is -2.12. The maximum absolute atomic E-state index is 11.7. The predicted octanol–water partition coefficient (Wildman–Crippen LogP) is 3.60. The van der Waals surface area contributed by atoms with Gasteiger partial charge in [0.25, 0.3) is 0 Å². The first-order chi connectivity index (χ1) is 11.2. The van der Waals surface area contributed by atoms with E-state index in [0.717, 1.165) is 16.5 Å². The Kier molecular flexibility index (Phi) is 6.22. The number of furan rings is 1. The summed E-state index contributed by atoms with van der Waals surface area (Å²) in [6.45, 7) is 2.63. The highest BCUT2D eigenvalue weighted by Crippen LogP contribution is 2.36. The van der Waals surface area contributed by atoms with E-state index in [1.165, 1.54) is 12.5 Å². The minimum Gasteiger partial charge on any atom is -0.493 e. The lowest BCUT2D eigenvalue weighted by molar-refractivity contribution is 0.0927. The third-order valence-electron chi connectivity index (χ3n) is 2.83. The van der Waals surface area contributed by atoms with Gasteiger partial charge in [0, 0.05) is 0 Å². The van der Waals surface area contributed by atoms with Crippen LogP contribution in [0.2, 0.25) is 0 Å².